The number of halogens is 1. The maximum absolute atomic E-state index is 10.2. The van der Waals surface area contributed by atoms with Crippen LogP contribution in [0.5, 0.6) is 0 Å². The van der Waals surface area contributed by atoms with Crippen molar-refractivity contribution in [2.24, 2.45) is 0 Å². The summed E-state index contributed by atoms with van der Waals surface area (Å²) >= 11 is 7.97. The molecule has 4 heteroatoms. The Kier molecular flexibility index (Phi) is 7.84. The maximum Gasteiger partial charge on any atom is 0.0816 e. The molecule has 0 aliphatic rings. The number of benzene rings is 1. The second-order valence-corrected chi connectivity index (χ2v) is 6.14. The second kappa shape index (κ2) is 8.85. The summed E-state index contributed by atoms with van der Waals surface area (Å²) in [4.78, 5) is 2.33. The van der Waals surface area contributed by atoms with Crippen LogP contribution in [-0.4, -0.2) is 41.6 Å². The van der Waals surface area contributed by atoms with Crippen LogP contribution in [0.4, 0.5) is 0 Å². The first-order chi connectivity index (χ1) is 9.10. The molecule has 2 unspecified atom stereocenters. The largest absolute Gasteiger partial charge is 0.388 e. The molecule has 0 saturated carbocycles. The molecular weight excluding hydrogens is 278 g/mol. The summed E-state index contributed by atoms with van der Waals surface area (Å²) in [6.45, 7) is 3.09. The van der Waals surface area contributed by atoms with Crippen LogP contribution in [0, 0.1) is 0 Å². The summed E-state index contributed by atoms with van der Waals surface area (Å²) in [6, 6.07) is 8.10. The van der Waals surface area contributed by atoms with Gasteiger partial charge in [0.15, 0.2) is 0 Å². The Balaban J connectivity index is 2.50. The highest BCUT2D eigenvalue weighted by atomic mass is 35.5. The molecule has 19 heavy (non-hydrogen) atoms. The number of aliphatic hydroxyl groups is 1. The lowest BCUT2D eigenvalue weighted by atomic mass is 10.1. The van der Waals surface area contributed by atoms with Gasteiger partial charge in [-0.05, 0) is 37.8 Å². The number of rotatable bonds is 8. The summed E-state index contributed by atoms with van der Waals surface area (Å²) in [5, 5.41) is 10.9. The van der Waals surface area contributed by atoms with E-state index in [0.717, 1.165) is 24.3 Å². The molecule has 0 saturated heterocycles. The first kappa shape index (κ1) is 16.8. The van der Waals surface area contributed by atoms with Gasteiger partial charge in [0, 0.05) is 23.4 Å². The molecular formula is C15H24ClNOS. The minimum absolute atomic E-state index is 0.483. The fourth-order valence-corrected chi connectivity index (χ4v) is 3.30. The summed E-state index contributed by atoms with van der Waals surface area (Å²) in [5.41, 5.74) is 0.829. The quantitative estimate of drug-likeness (QED) is 0.789. The monoisotopic (exact) mass is 301 g/mol. The van der Waals surface area contributed by atoms with Gasteiger partial charge in [-0.3, -0.25) is 0 Å². The number of hydrogen-bond acceptors (Lipinski definition) is 3. The zero-order valence-electron chi connectivity index (χ0n) is 12.0. The minimum Gasteiger partial charge on any atom is -0.388 e. The van der Waals surface area contributed by atoms with Crippen molar-refractivity contribution in [3.63, 3.8) is 0 Å². The predicted octanol–water partition coefficient (Wildman–Crippen LogP) is 3.84. The van der Waals surface area contributed by atoms with Gasteiger partial charge in [0.25, 0.3) is 0 Å². The van der Waals surface area contributed by atoms with E-state index in [1.807, 2.05) is 36.0 Å². The van der Waals surface area contributed by atoms with Gasteiger partial charge in [-0.1, -0.05) is 36.7 Å². The van der Waals surface area contributed by atoms with Crippen molar-refractivity contribution in [3.05, 3.63) is 34.9 Å². The third-order valence-corrected chi connectivity index (χ3v) is 4.54. The van der Waals surface area contributed by atoms with Crippen molar-refractivity contribution in [3.8, 4) is 0 Å². The molecule has 0 bridgehead atoms. The van der Waals surface area contributed by atoms with E-state index >= 15 is 0 Å². The Morgan fingerprint density at radius 2 is 2.05 bits per heavy atom. The highest BCUT2D eigenvalue weighted by Crippen LogP contribution is 2.25. The molecule has 0 fully saturated rings. The van der Waals surface area contributed by atoms with Crippen LogP contribution in [0.3, 0.4) is 0 Å². The molecule has 0 heterocycles. The summed E-state index contributed by atoms with van der Waals surface area (Å²) in [5.74, 6) is 1.13. The van der Waals surface area contributed by atoms with Crippen LogP contribution in [0.25, 0.3) is 0 Å². The first-order valence-corrected chi connectivity index (χ1v) is 8.49. The van der Waals surface area contributed by atoms with Crippen molar-refractivity contribution in [1.82, 2.24) is 4.90 Å². The molecule has 0 aliphatic carbocycles. The van der Waals surface area contributed by atoms with Gasteiger partial charge in [-0.2, -0.15) is 11.8 Å². The van der Waals surface area contributed by atoms with Crippen LogP contribution < -0.4 is 0 Å². The molecule has 1 N–H and O–H groups in total. The van der Waals surface area contributed by atoms with Gasteiger partial charge in [0.1, 0.15) is 0 Å². The molecule has 0 spiro atoms. The Labute approximate surface area is 126 Å². The van der Waals surface area contributed by atoms with Crippen molar-refractivity contribution >= 4 is 23.4 Å². The lowest BCUT2D eigenvalue weighted by Crippen LogP contribution is -2.34. The topological polar surface area (TPSA) is 23.5 Å². The van der Waals surface area contributed by atoms with Gasteiger partial charge in [-0.25, -0.2) is 0 Å². The Hall–Kier alpha value is -0.220. The number of aliphatic hydroxyl groups excluding tert-OH is 1. The van der Waals surface area contributed by atoms with Crippen LogP contribution in [-0.2, 0) is 0 Å². The summed E-state index contributed by atoms with van der Waals surface area (Å²) < 4.78 is 0. The molecule has 0 aliphatic heterocycles. The molecule has 2 atom stereocenters. The van der Waals surface area contributed by atoms with Gasteiger partial charge in [-0.15, -0.1) is 0 Å². The molecule has 1 aromatic carbocycles. The van der Waals surface area contributed by atoms with E-state index in [1.165, 1.54) is 0 Å². The average molecular weight is 302 g/mol. The number of nitrogens with zero attached hydrogens (tertiary/aromatic N) is 1. The zero-order chi connectivity index (χ0) is 14.3. The van der Waals surface area contributed by atoms with Crippen LogP contribution in [0.1, 0.15) is 31.4 Å². The maximum atomic E-state index is 10.2. The highest BCUT2D eigenvalue weighted by Gasteiger charge is 2.15. The molecule has 2 nitrogen and oxygen atoms in total. The van der Waals surface area contributed by atoms with Gasteiger partial charge >= 0.3 is 0 Å². The standard InChI is InChI=1S/C15H24ClNOS/c1-4-12(11-19-3)17(2)10-9-15(18)13-7-5-6-8-14(13)16/h5-8,12,15,18H,4,9-11H2,1-3H3. The van der Waals surface area contributed by atoms with Crippen molar-refractivity contribution in [2.45, 2.75) is 31.9 Å². The normalized spacial score (nSPS) is 14.6. The summed E-state index contributed by atoms with van der Waals surface area (Å²) in [7, 11) is 2.13. The first-order valence-electron chi connectivity index (χ1n) is 6.71. The van der Waals surface area contributed by atoms with Crippen LogP contribution in [0.15, 0.2) is 24.3 Å². The molecule has 1 aromatic rings. The lowest BCUT2D eigenvalue weighted by molar-refractivity contribution is 0.139. The highest BCUT2D eigenvalue weighted by molar-refractivity contribution is 7.98. The molecule has 1 rings (SSSR count). The fourth-order valence-electron chi connectivity index (χ4n) is 2.16. The smallest absolute Gasteiger partial charge is 0.0816 e. The Bertz CT molecular complexity index is 375. The predicted molar refractivity (Wildman–Crippen MR) is 86.1 cm³/mol. The molecule has 0 amide bonds. The van der Waals surface area contributed by atoms with Gasteiger partial charge < -0.3 is 10.0 Å². The lowest BCUT2D eigenvalue weighted by Gasteiger charge is -2.27. The van der Waals surface area contributed by atoms with Crippen molar-refractivity contribution in [1.29, 1.82) is 0 Å². The van der Waals surface area contributed by atoms with E-state index in [4.69, 9.17) is 11.6 Å². The van der Waals surface area contributed by atoms with E-state index in [9.17, 15) is 5.11 Å². The average Bonchev–Trinajstić information content (AvgIpc) is 2.42. The van der Waals surface area contributed by atoms with Gasteiger partial charge in [0.2, 0.25) is 0 Å². The van der Waals surface area contributed by atoms with E-state index in [0.29, 0.717) is 17.5 Å². The number of thioether (sulfide) groups is 1. The molecule has 0 radical (unpaired) electrons. The summed E-state index contributed by atoms with van der Waals surface area (Å²) in [6.07, 6.45) is 3.50. The minimum atomic E-state index is -0.483. The van der Waals surface area contributed by atoms with Crippen LogP contribution in [0.2, 0.25) is 5.02 Å². The molecule has 108 valence electrons. The third kappa shape index (κ3) is 5.35. The Morgan fingerprint density at radius 3 is 2.63 bits per heavy atom. The van der Waals surface area contributed by atoms with Crippen molar-refractivity contribution in [2.75, 3.05) is 25.6 Å². The zero-order valence-corrected chi connectivity index (χ0v) is 13.5. The second-order valence-electron chi connectivity index (χ2n) is 4.82. The third-order valence-electron chi connectivity index (χ3n) is 3.47. The van der Waals surface area contributed by atoms with Crippen LogP contribution >= 0.6 is 23.4 Å². The van der Waals surface area contributed by atoms with Crippen molar-refractivity contribution < 1.29 is 5.11 Å². The van der Waals surface area contributed by atoms with E-state index in [1.54, 1.807) is 0 Å². The fraction of sp³-hybridized carbons (Fsp3) is 0.600. The van der Waals surface area contributed by atoms with E-state index in [-0.39, 0.29) is 0 Å². The van der Waals surface area contributed by atoms with E-state index in [2.05, 4.69) is 25.1 Å². The molecule has 0 aromatic heterocycles. The SMILES string of the molecule is CCC(CSC)N(C)CCC(O)c1ccccc1Cl. The Morgan fingerprint density at radius 1 is 1.37 bits per heavy atom. The number of hydrogen-bond donors (Lipinski definition) is 1. The van der Waals surface area contributed by atoms with E-state index < -0.39 is 6.10 Å². The van der Waals surface area contributed by atoms with Gasteiger partial charge in [0.05, 0.1) is 6.10 Å².